The molecule has 1 unspecified atom stereocenters. The van der Waals surface area contributed by atoms with Gasteiger partial charge in [-0.1, -0.05) is 29.8 Å². The van der Waals surface area contributed by atoms with Crippen LogP contribution < -0.4 is 14.4 Å². The number of methoxy groups -OCH3 is 1. The second kappa shape index (κ2) is 14.3. The van der Waals surface area contributed by atoms with Crippen LogP contribution in [-0.4, -0.2) is 71.6 Å². The second-order valence-electron chi connectivity index (χ2n) is 14.2. The molecule has 1 fully saturated rings. The largest absolute Gasteiger partial charge is 0.490 e. The molecule has 5 atom stereocenters. The number of benzene rings is 2. The van der Waals surface area contributed by atoms with Gasteiger partial charge in [0.25, 0.3) is 11.8 Å². The van der Waals surface area contributed by atoms with Gasteiger partial charge in [-0.05, 0) is 97.2 Å². The van der Waals surface area contributed by atoms with E-state index in [1.54, 1.807) is 25.4 Å². The smallest absolute Gasteiger partial charge is 0.286 e. The number of anilines is 1. The third-order valence-corrected chi connectivity index (χ3v) is 14.4. The summed E-state index contributed by atoms with van der Waals surface area (Å²) in [6.45, 7) is 3.53. The number of thioether (sulfide) groups is 1. The molecule has 10 nitrogen and oxygen atoms in total. The number of allylic oxidation sites excluding steroid dienone is 1. The van der Waals surface area contributed by atoms with Gasteiger partial charge in [-0.15, -0.1) is 16.1 Å². The Morgan fingerprint density at radius 3 is 2.92 bits per heavy atom. The number of rotatable bonds is 3. The van der Waals surface area contributed by atoms with Crippen molar-refractivity contribution in [3.8, 4) is 5.75 Å². The first-order valence-electron chi connectivity index (χ1n) is 17.7. The van der Waals surface area contributed by atoms with Crippen LogP contribution in [0.1, 0.15) is 63.2 Å². The van der Waals surface area contributed by atoms with Crippen molar-refractivity contribution in [1.29, 1.82) is 0 Å². The van der Waals surface area contributed by atoms with Crippen LogP contribution in [0.3, 0.4) is 0 Å². The highest BCUT2D eigenvalue weighted by Gasteiger charge is 2.45. The average molecular weight is 751 g/mol. The summed E-state index contributed by atoms with van der Waals surface area (Å²) in [5.41, 5.74) is 4.83. The first-order valence-corrected chi connectivity index (χ1v) is 20.8. The maximum atomic E-state index is 14.4. The van der Waals surface area contributed by atoms with E-state index in [-0.39, 0.29) is 16.6 Å². The Bertz CT molecular complexity index is 1980. The van der Waals surface area contributed by atoms with Crippen LogP contribution in [0.5, 0.6) is 5.75 Å². The average Bonchev–Trinajstić information content (AvgIpc) is 3.49. The fourth-order valence-electron chi connectivity index (χ4n) is 8.13. The molecule has 3 aromatic rings. The number of hydrogen-bond acceptors (Lipinski definition) is 8. The predicted molar refractivity (Wildman–Crippen MR) is 200 cm³/mol. The number of ether oxygens (including phenoxy) is 3. The lowest BCUT2D eigenvalue weighted by Crippen LogP contribution is -2.48. The Morgan fingerprint density at radius 1 is 1.20 bits per heavy atom. The highest BCUT2D eigenvalue weighted by molar-refractivity contribution is 8.00. The van der Waals surface area contributed by atoms with E-state index in [9.17, 15) is 13.8 Å². The van der Waals surface area contributed by atoms with E-state index in [1.807, 2.05) is 34.5 Å². The number of halogens is 1. The Morgan fingerprint density at radius 2 is 2.10 bits per heavy atom. The fraction of sp³-hybridized carbons (Fsp3) is 0.474. The number of carbonyl (C=O) groups is 2. The van der Waals surface area contributed by atoms with Crippen molar-refractivity contribution in [2.45, 2.75) is 56.1 Å². The molecule has 1 spiro atoms. The normalized spacial score (nSPS) is 29.6. The molecule has 5 heterocycles. The standard InChI is InChI=1S/C38H43ClN4O6S2/c1-47-34-5-3-2-4-16-51(46,41-37(45)28-18-30-22-48-14-13-42(30)21-28)40-36(44)26-7-11-35-33(19-26)43(20-27-6-9-31(27)34)23-38(24-49-35)32-10-8-29(39)17-25(32)12-15-50-38/h3,5,7-8,10-11,17-19,21,27,31,34H,2,4,6,9,12-16,20,22-24H2,1H3,(H,40,41,44,45,46)/b5-3-/t27-,31+,34-,38+,51?/m0/s1. The quantitative estimate of drug-likeness (QED) is 0.307. The fourth-order valence-corrected chi connectivity index (χ4v) is 11.4. The van der Waals surface area contributed by atoms with Crippen LogP contribution in [0.2, 0.25) is 5.02 Å². The summed E-state index contributed by atoms with van der Waals surface area (Å²) in [5, 5.41) is 0.733. The molecular formula is C38H43ClN4O6S2. The molecule has 51 heavy (non-hydrogen) atoms. The summed E-state index contributed by atoms with van der Waals surface area (Å²) >= 11 is 8.37. The SMILES string of the molecule is CO[C@H]1/C=C\CCCS(=O)(NC(=O)c2cc3n(c2)CCOC3)=NC(=O)c2ccc3c(c2)N(C[C@@H]2CC[C@H]21)C[C@]1(CO3)SCCc2cc(Cl)ccc21. The second-order valence-corrected chi connectivity index (χ2v) is 18.1. The van der Waals surface area contributed by atoms with E-state index in [0.29, 0.717) is 74.5 Å². The number of amides is 2. The third-order valence-electron chi connectivity index (χ3n) is 11.0. The van der Waals surface area contributed by atoms with E-state index in [1.165, 1.54) is 11.1 Å². The summed E-state index contributed by atoms with van der Waals surface area (Å²) in [5.74, 6) is 1.23. The van der Waals surface area contributed by atoms with Crippen molar-refractivity contribution in [3.63, 3.8) is 0 Å². The van der Waals surface area contributed by atoms with Crippen molar-refractivity contribution in [2.24, 2.45) is 16.2 Å². The molecule has 2 bridgehead atoms. The monoisotopic (exact) mass is 750 g/mol. The number of fused-ring (bicyclic) bond motifs is 5. The van der Waals surface area contributed by atoms with Crippen molar-refractivity contribution >= 4 is 50.8 Å². The van der Waals surface area contributed by atoms with Crippen LogP contribution in [0, 0.1) is 11.8 Å². The number of nitrogens with zero attached hydrogens (tertiary/aromatic N) is 3. The zero-order valence-electron chi connectivity index (χ0n) is 28.7. The van der Waals surface area contributed by atoms with Gasteiger partial charge in [0.2, 0.25) is 0 Å². The predicted octanol–water partition coefficient (Wildman–Crippen LogP) is 6.40. The molecule has 1 saturated carbocycles. The van der Waals surface area contributed by atoms with E-state index >= 15 is 0 Å². The van der Waals surface area contributed by atoms with Crippen molar-refractivity contribution in [3.05, 3.63) is 93.8 Å². The Kier molecular flexibility index (Phi) is 9.73. The highest BCUT2D eigenvalue weighted by Crippen LogP contribution is 2.49. The van der Waals surface area contributed by atoms with Gasteiger partial charge in [0, 0.05) is 49.2 Å². The summed E-state index contributed by atoms with van der Waals surface area (Å²) in [6.07, 6.45) is 10.0. The first-order chi connectivity index (χ1) is 24.7. The molecule has 0 radical (unpaired) electrons. The lowest BCUT2D eigenvalue weighted by molar-refractivity contribution is 0.0134. The molecule has 0 saturated heterocycles. The summed E-state index contributed by atoms with van der Waals surface area (Å²) in [7, 11) is -1.72. The van der Waals surface area contributed by atoms with Gasteiger partial charge in [-0.25, -0.2) is 4.21 Å². The molecular weight excluding hydrogens is 708 g/mol. The van der Waals surface area contributed by atoms with Crippen molar-refractivity contribution < 1.29 is 28.0 Å². The van der Waals surface area contributed by atoms with E-state index in [4.69, 9.17) is 25.8 Å². The van der Waals surface area contributed by atoms with E-state index in [0.717, 1.165) is 48.0 Å². The Labute approximate surface area is 308 Å². The highest BCUT2D eigenvalue weighted by atomic mass is 35.5. The number of nitrogens with one attached hydrogen (secondary N) is 1. The van der Waals surface area contributed by atoms with Gasteiger partial charge in [0.15, 0.2) is 0 Å². The van der Waals surface area contributed by atoms with Gasteiger partial charge in [-0.3, -0.25) is 14.3 Å². The number of aromatic nitrogens is 1. The Balaban J connectivity index is 1.17. The van der Waals surface area contributed by atoms with Crippen LogP contribution in [-0.2, 0) is 43.7 Å². The molecule has 270 valence electrons. The maximum absolute atomic E-state index is 14.4. The third kappa shape index (κ3) is 6.97. The van der Waals surface area contributed by atoms with Crippen LogP contribution in [0.25, 0.3) is 0 Å². The number of aryl methyl sites for hydroxylation is 1. The molecule has 1 aliphatic carbocycles. The Hall–Kier alpha value is -3.29. The first kappa shape index (κ1) is 34.8. The van der Waals surface area contributed by atoms with E-state index < -0.39 is 21.7 Å². The summed E-state index contributed by atoms with van der Waals surface area (Å²) in [6, 6.07) is 13.3. The lowest BCUT2D eigenvalue weighted by Gasteiger charge is -2.45. The summed E-state index contributed by atoms with van der Waals surface area (Å²) in [4.78, 5) is 29.8. The zero-order chi connectivity index (χ0) is 35.2. The van der Waals surface area contributed by atoms with Crippen LogP contribution in [0.15, 0.2) is 65.2 Å². The lowest BCUT2D eigenvalue weighted by atomic mass is 9.70. The zero-order valence-corrected chi connectivity index (χ0v) is 31.1. The van der Waals surface area contributed by atoms with Gasteiger partial charge in [-0.2, -0.15) is 0 Å². The molecule has 8 rings (SSSR count). The molecule has 5 aliphatic rings. The minimum atomic E-state index is -3.48. The van der Waals surface area contributed by atoms with Gasteiger partial charge in [0.1, 0.15) is 22.3 Å². The van der Waals surface area contributed by atoms with Crippen molar-refractivity contribution in [1.82, 2.24) is 9.29 Å². The number of carbonyl (C=O) groups excluding carboxylic acids is 2. The van der Waals surface area contributed by atoms with Crippen LogP contribution in [0.4, 0.5) is 5.69 Å². The molecule has 2 amide bonds. The minimum Gasteiger partial charge on any atom is -0.490 e. The molecule has 1 N–H and O–H groups in total. The van der Waals surface area contributed by atoms with Crippen molar-refractivity contribution in [2.75, 3.05) is 49.8 Å². The molecule has 13 heteroatoms. The van der Waals surface area contributed by atoms with Gasteiger partial charge in [0.05, 0.1) is 41.1 Å². The number of hydrogen-bond donors (Lipinski definition) is 1. The minimum absolute atomic E-state index is 0.0263. The van der Waals surface area contributed by atoms with Gasteiger partial charge >= 0.3 is 0 Å². The maximum Gasteiger partial charge on any atom is 0.286 e. The summed E-state index contributed by atoms with van der Waals surface area (Å²) < 4.78 is 41.2. The molecule has 4 aliphatic heterocycles. The van der Waals surface area contributed by atoms with Crippen LogP contribution >= 0.6 is 23.4 Å². The molecule has 2 aromatic carbocycles. The topological polar surface area (TPSA) is 111 Å². The van der Waals surface area contributed by atoms with E-state index in [2.05, 4.69) is 38.3 Å². The van der Waals surface area contributed by atoms with Gasteiger partial charge < -0.3 is 23.7 Å². The molecule has 1 aromatic heterocycles.